The van der Waals surface area contributed by atoms with Crippen molar-refractivity contribution in [3.05, 3.63) is 18.2 Å². The van der Waals surface area contributed by atoms with Gasteiger partial charge in [-0.05, 0) is 38.3 Å². The number of carbonyl (C=O) groups excluding carboxylic acids is 1. The van der Waals surface area contributed by atoms with Crippen molar-refractivity contribution in [2.75, 3.05) is 44.8 Å². The minimum absolute atomic E-state index is 0.0618. The number of nitrogens with zero attached hydrogens (tertiary/aromatic N) is 1. The van der Waals surface area contributed by atoms with Gasteiger partial charge in [-0.2, -0.15) is 0 Å². The number of ether oxygens (including phenoxy) is 3. The lowest BCUT2D eigenvalue weighted by atomic mass is 9.98. The summed E-state index contributed by atoms with van der Waals surface area (Å²) in [4.78, 5) is 16.3. The quantitative estimate of drug-likeness (QED) is 0.315. The highest BCUT2D eigenvalue weighted by Crippen LogP contribution is 2.32. The first kappa shape index (κ1) is 23.2. The van der Waals surface area contributed by atoms with Crippen LogP contribution in [0.3, 0.4) is 0 Å². The molecular formula is C23H36N4O4. The zero-order valence-corrected chi connectivity index (χ0v) is 18.6. The van der Waals surface area contributed by atoms with Crippen molar-refractivity contribution in [3.8, 4) is 11.5 Å². The first-order valence-electron chi connectivity index (χ1n) is 11.6. The predicted octanol–water partition coefficient (Wildman–Crippen LogP) is 3.08. The fraction of sp³-hybridized carbons (Fsp3) is 0.652. The second-order valence-corrected chi connectivity index (χ2v) is 7.87. The molecule has 0 unspecified atom stereocenters. The Hall–Kier alpha value is -2.48. The van der Waals surface area contributed by atoms with E-state index in [-0.39, 0.29) is 12.5 Å². The molecule has 1 aliphatic carbocycles. The molecule has 1 aromatic rings. The van der Waals surface area contributed by atoms with Crippen LogP contribution in [0.2, 0.25) is 0 Å². The summed E-state index contributed by atoms with van der Waals surface area (Å²) < 4.78 is 17.4. The topological polar surface area (TPSA) is 93.2 Å². The van der Waals surface area contributed by atoms with Crippen LogP contribution in [0.5, 0.6) is 11.5 Å². The molecule has 1 saturated carbocycles. The van der Waals surface area contributed by atoms with E-state index in [1.54, 1.807) is 0 Å². The normalized spacial score (nSPS) is 17.0. The predicted molar refractivity (Wildman–Crippen MR) is 122 cm³/mol. The van der Waals surface area contributed by atoms with Gasteiger partial charge in [0.05, 0.1) is 19.3 Å². The molecule has 1 fully saturated rings. The molecule has 1 heterocycles. The van der Waals surface area contributed by atoms with Crippen molar-refractivity contribution in [3.63, 3.8) is 0 Å². The van der Waals surface area contributed by atoms with Gasteiger partial charge in [-0.3, -0.25) is 4.79 Å². The lowest BCUT2D eigenvalue weighted by molar-refractivity contribution is -0.119. The van der Waals surface area contributed by atoms with Gasteiger partial charge < -0.3 is 30.2 Å². The number of carbonyl (C=O) groups is 1. The van der Waals surface area contributed by atoms with Crippen molar-refractivity contribution in [2.45, 2.75) is 58.0 Å². The molecule has 8 heteroatoms. The van der Waals surface area contributed by atoms with E-state index in [1.807, 2.05) is 25.1 Å². The van der Waals surface area contributed by atoms with Crippen LogP contribution in [0.4, 0.5) is 5.69 Å². The number of benzene rings is 1. The van der Waals surface area contributed by atoms with Crippen LogP contribution in [0.1, 0.15) is 51.9 Å². The van der Waals surface area contributed by atoms with Gasteiger partial charge in [-0.15, -0.1) is 0 Å². The average Bonchev–Trinajstić information content (AvgIpc) is 3.03. The van der Waals surface area contributed by atoms with Crippen LogP contribution in [0.25, 0.3) is 0 Å². The summed E-state index contributed by atoms with van der Waals surface area (Å²) in [6, 6.07) is 5.71. The summed E-state index contributed by atoms with van der Waals surface area (Å²) in [5.41, 5.74) is 0.824. The summed E-state index contributed by atoms with van der Waals surface area (Å²) >= 11 is 0. The molecule has 1 amide bonds. The fourth-order valence-corrected chi connectivity index (χ4v) is 3.68. The Balaban J connectivity index is 1.52. The largest absolute Gasteiger partial charge is 0.490 e. The number of amides is 1. The van der Waals surface area contributed by atoms with Crippen LogP contribution in [-0.2, 0) is 9.53 Å². The Kier molecular flexibility index (Phi) is 9.76. The van der Waals surface area contributed by atoms with Gasteiger partial charge in [0.2, 0.25) is 5.91 Å². The SMILES string of the molecule is CCNC(=O)CN=C(NCCCOC1CCCCC1)Nc1ccc2c(c1)OCCCO2. The smallest absolute Gasteiger partial charge is 0.241 e. The van der Waals surface area contributed by atoms with Gasteiger partial charge >= 0.3 is 0 Å². The zero-order chi connectivity index (χ0) is 21.7. The molecule has 1 aliphatic heterocycles. The second kappa shape index (κ2) is 13.0. The monoisotopic (exact) mass is 432 g/mol. The van der Waals surface area contributed by atoms with Gasteiger partial charge in [0.15, 0.2) is 17.5 Å². The molecule has 2 aliphatic rings. The van der Waals surface area contributed by atoms with Crippen molar-refractivity contribution in [2.24, 2.45) is 4.99 Å². The Bertz CT molecular complexity index is 720. The molecule has 31 heavy (non-hydrogen) atoms. The standard InChI is InChI=1S/C23H36N4O4/c1-2-24-22(28)17-26-23(25-12-6-13-29-19-8-4-3-5-9-19)27-18-10-11-20-21(16-18)31-15-7-14-30-20/h10-11,16,19H,2-9,12-15,17H2,1H3,(H,24,28)(H2,25,26,27). The number of likely N-dealkylation sites (N-methyl/N-ethyl adjacent to an activating group) is 1. The maximum absolute atomic E-state index is 11.9. The number of hydrogen-bond donors (Lipinski definition) is 3. The third kappa shape index (κ3) is 8.28. The number of hydrogen-bond acceptors (Lipinski definition) is 5. The van der Waals surface area contributed by atoms with Gasteiger partial charge in [-0.1, -0.05) is 19.3 Å². The highest BCUT2D eigenvalue weighted by Gasteiger charge is 2.14. The van der Waals surface area contributed by atoms with Crippen LogP contribution in [0.15, 0.2) is 23.2 Å². The summed E-state index contributed by atoms with van der Waals surface area (Å²) in [6.45, 7) is 5.27. The van der Waals surface area contributed by atoms with Gasteiger partial charge in [0.25, 0.3) is 0 Å². The number of fused-ring (bicyclic) bond motifs is 1. The van der Waals surface area contributed by atoms with Gasteiger partial charge in [0.1, 0.15) is 6.54 Å². The van der Waals surface area contributed by atoms with E-state index < -0.39 is 0 Å². The highest BCUT2D eigenvalue weighted by molar-refractivity contribution is 5.95. The molecule has 8 nitrogen and oxygen atoms in total. The van der Waals surface area contributed by atoms with Gasteiger partial charge in [0, 0.05) is 37.9 Å². The minimum atomic E-state index is -0.108. The molecule has 3 N–H and O–H groups in total. The molecule has 0 saturated heterocycles. The number of rotatable bonds is 9. The summed E-state index contributed by atoms with van der Waals surface area (Å²) in [5, 5.41) is 9.34. The van der Waals surface area contributed by atoms with Crippen LogP contribution in [0, 0.1) is 0 Å². The van der Waals surface area contributed by atoms with Crippen molar-refractivity contribution in [1.29, 1.82) is 0 Å². The Morgan fingerprint density at radius 3 is 2.71 bits per heavy atom. The minimum Gasteiger partial charge on any atom is -0.490 e. The van der Waals surface area contributed by atoms with Gasteiger partial charge in [-0.25, -0.2) is 4.99 Å². The van der Waals surface area contributed by atoms with E-state index in [0.717, 1.165) is 30.9 Å². The molecule has 0 atom stereocenters. The van der Waals surface area contributed by atoms with Crippen LogP contribution >= 0.6 is 0 Å². The van der Waals surface area contributed by atoms with Crippen molar-refractivity contribution >= 4 is 17.6 Å². The van der Waals surface area contributed by atoms with E-state index in [0.29, 0.717) is 44.1 Å². The van der Waals surface area contributed by atoms with Crippen LogP contribution in [-0.4, -0.2) is 57.4 Å². The first-order chi connectivity index (χ1) is 15.2. The Labute approximate surface area is 185 Å². The van der Waals surface area contributed by atoms with E-state index in [1.165, 1.54) is 32.1 Å². The third-order valence-electron chi connectivity index (χ3n) is 5.28. The number of aliphatic imine (C=N–C) groups is 1. The maximum atomic E-state index is 11.9. The highest BCUT2D eigenvalue weighted by atomic mass is 16.5. The van der Waals surface area contributed by atoms with E-state index in [9.17, 15) is 4.79 Å². The van der Waals surface area contributed by atoms with E-state index in [4.69, 9.17) is 14.2 Å². The molecule has 1 aromatic carbocycles. The molecule has 0 bridgehead atoms. The summed E-state index contributed by atoms with van der Waals surface area (Å²) in [5.74, 6) is 1.91. The Morgan fingerprint density at radius 1 is 1.10 bits per heavy atom. The number of nitrogens with one attached hydrogen (secondary N) is 3. The molecular weight excluding hydrogens is 396 g/mol. The fourth-order valence-electron chi connectivity index (χ4n) is 3.68. The maximum Gasteiger partial charge on any atom is 0.241 e. The molecule has 0 aromatic heterocycles. The van der Waals surface area contributed by atoms with Crippen LogP contribution < -0.4 is 25.4 Å². The zero-order valence-electron chi connectivity index (χ0n) is 18.6. The lowest BCUT2D eigenvalue weighted by Crippen LogP contribution is -2.34. The Morgan fingerprint density at radius 2 is 1.90 bits per heavy atom. The summed E-state index contributed by atoms with van der Waals surface area (Å²) in [7, 11) is 0. The number of guanidine groups is 1. The second-order valence-electron chi connectivity index (χ2n) is 7.87. The lowest BCUT2D eigenvalue weighted by Gasteiger charge is -2.22. The van der Waals surface area contributed by atoms with Crippen molar-refractivity contribution in [1.82, 2.24) is 10.6 Å². The van der Waals surface area contributed by atoms with E-state index in [2.05, 4.69) is 20.9 Å². The first-order valence-corrected chi connectivity index (χ1v) is 11.6. The molecule has 0 radical (unpaired) electrons. The molecule has 3 rings (SSSR count). The third-order valence-corrected chi connectivity index (χ3v) is 5.28. The van der Waals surface area contributed by atoms with E-state index >= 15 is 0 Å². The summed E-state index contributed by atoms with van der Waals surface area (Å²) in [6.07, 6.45) is 8.40. The molecule has 172 valence electrons. The average molecular weight is 433 g/mol. The van der Waals surface area contributed by atoms with Crippen molar-refractivity contribution < 1.29 is 19.0 Å². The molecule has 0 spiro atoms. The number of anilines is 1.